The summed E-state index contributed by atoms with van der Waals surface area (Å²) < 4.78 is 20.1. The van der Waals surface area contributed by atoms with Crippen LogP contribution in [0.1, 0.15) is 0 Å². The maximum atomic E-state index is 13.9. The van der Waals surface area contributed by atoms with Gasteiger partial charge in [-0.1, -0.05) is 0 Å². The minimum atomic E-state index is -0.495. The molecule has 0 aliphatic heterocycles. The summed E-state index contributed by atoms with van der Waals surface area (Å²) in [6.45, 7) is 1.23. The number of ether oxygens (including phenoxy) is 1. The van der Waals surface area contributed by atoms with E-state index >= 15 is 0 Å². The van der Waals surface area contributed by atoms with Crippen LogP contribution in [0.2, 0.25) is 0 Å². The lowest BCUT2D eigenvalue weighted by Crippen LogP contribution is -2.30. The molecule has 0 fully saturated rings. The van der Waals surface area contributed by atoms with Gasteiger partial charge in [-0.15, -0.1) is 0 Å². The van der Waals surface area contributed by atoms with Gasteiger partial charge in [0.1, 0.15) is 18.3 Å². The van der Waals surface area contributed by atoms with Gasteiger partial charge in [0.15, 0.2) is 5.82 Å². The lowest BCUT2D eigenvalue weighted by molar-refractivity contribution is -0.115. The van der Waals surface area contributed by atoms with Crippen molar-refractivity contribution in [3.05, 3.63) is 36.7 Å². The van der Waals surface area contributed by atoms with E-state index in [0.29, 0.717) is 18.8 Å². The Balaban J connectivity index is 1.93. The highest BCUT2D eigenvalue weighted by molar-refractivity contribution is 5.92. The number of nitrogens with zero attached hydrogens (tertiary/aromatic N) is 3. The van der Waals surface area contributed by atoms with Crippen molar-refractivity contribution in [2.45, 2.75) is 0 Å². The molecule has 0 bridgehead atoms. The van der Waals surface area contributed by atoms with Gasteiger partial charge in [-0.3, -0.25) is 4.79 Å². The number of methoxy groups -OCH3 is 1. The largest absolute Gasteiger partial charge is 0.383 e. The topological polar surface area (TPSA) is 81.1 Å². The average molecular weight is 293 g/mol. The first-order valence-corrected chi connectivity index (χ1v) is 6.35. The van der Waals surface area contributed by atoms with E-state index < -0.39 is 5.82 Å². The molecule has 0 aliphatic rings. The van der Waals surface area contributed by atoms with Crippen molar-refractivity contribution < 1.29 is 13.9 Å². The Morgan fingerprint density at radius 1 is 1.48 bits per heavy atom. The van der Waals surface area contributed by atoms with E-state index in [1.54, 1.807) is 13.2 Å². The fourth-order valence-corrected chi connectivity index (χ4v) is 1.68. The van der Waals surface area contributed by atoms with E-state index in [9.17, 15) is 9.18 Å². The van der Waals surface area contributed by atoms with Crippen LogP contribution in [0.15, 0.2) is 30.9 Å². The third kappa shape index (κ3) is 4.33. The fraction of sp³-hybridized carbons (Fsp3) is 0.308. The van der Waals surface area contributed by atoms with Crippen LogP contribution in [0, 0.1) is 5.82 Å². The number of carbonyl (C=O) groups excluding carboxylic acids is 1. The minimum absolute atomic E-state index is 0.135. The monoisotopic (exact) mass is 293 g/mol. The molecule has 2 aromatic rings. The molecule has 0 saturated carbocycles. The van der Waals surface area contributed by atoms with Crippen LogP contribution < -0.4 is 10.6 Å². The number of benzene rings is 1. The number of carbonyl (C=O) groups is 1. The SMILES string of the molecule is COCCNCC(=O)Nc1ccc(-n2cncn2)c(F)c1. The normalized spacial score (nSPS) is 10.6. The van der Waals surface area contributed by atoms with Crippen molar-refractivity contribution in [2.24, 2.45) is 0 Å². The maximum Gasteiger partial charge on any atom is 0.238 e. The van der Waals surface area contributed by atoms with Gasteiger partial charge in [0.2, 0.25) is 5.91 Å². The zero-order valence-electron chi connectivity index (χ0n) is 11.5. The Labute approximate surface area is 121 Å². The molecule has 0 radical (unpaired) electrons. The molecule has 2 rings (SSSR count). The predicted octanol–water partition coefficient (Wildman–Crippen LogP) is 0.581. The van der Waals surface area contributed by atoms with Crippen LogP contribution in [-0.4, -0.2) is 47.5 Å². The van der Waals surface area contributed by atoms with E-state index in [4.69, 9.17) is 4.74 Å². The number of hydrogen-bond donors (Lipinski definition) is 2. The summed E-state index contributed by atoms with van der Waals surface area (Å²) >= 11 is 0. The summed E-state index contributed by atoms with van der Waals surface area (Å²) in [5, 5.41) is 9.36. The molecular formula is C13H16FN5O2. The zero-order chi connectivity index (χ0) is 15.1. The molecule has 1 aromatic heterocycles. The lowest BCUT2D eigenvalue weighted by atomic mass is 10.2. The molecule has 0 atom stereocenters. The lowest BCUT2D eigenvalue weighted by Gasteiger charge is -2.08. The number of aromatic nitrogens is 3. The standard InChI is InChI=1S/C13H16FN5O2/c1-21-5-4-15-7-13(20)18-10-2-3-12(11(14)6-10)19-9-16-8-17-19/h2-3,6,8-9,15H,4-5,7H2,1H3,(H,18,20). The summed E-state index contributed by atoms with van der Waals surface area (Å²) in [4.78, 5) is 15.4. The number of rotatable bonds is 7. The van der Waals surface area contributed by atoms with E-state index in [1.807, 2.05) is 0 Å². The third-order valence-electron chi connectivity index (χ3n) is 2.67. The van der Waals surface area contributed by atoms with Crippen molar-refractivity contribution in [3.8, 4) is 5.69 Å². The van der Waals surface area contributed by atoms with Crippen molar-refractivity contribution in [2.75, 3.05) is 32.1 Å². The summed E-state index contributed by atoms with van der Waals surface area (Å²) in [6.07, 6.45) is 2.72. The van der Waals surface area contributed by atoms with Crippen molar-refractivity contribution in [1.82, 2.24) is 20.1 Å². The molecule has 1 heterocycles. The number of amides is 1. The van der Waals surface area contributed by atoms with Gasteiger partial charge in [0.25, 0.3) is 0 Å². The van der Waals surface area contributed by atoms with Crippen LogP contribution >= 0.6 is 0 Å². The first-order valence-electron chi connectivity index (χ1n) is 6.35. The highest BCUT2D eigenvalue weighted by atomic mass is 19.1. The van der Waals surface area contributed by atoms with Gasteiger partial charge in [-0.25, -0.2) is 14.1 Å². The zero-order valence-corrected chi connectivity index (χ0v) is 11.5. The highest BCUT2D eigenvalue weighted by Crippen LogP contribution is 2.17. The minimum Gasteiger partial charge on any atom is -0.383 e. The molecule has 7 nitrogen and oxygen atoms in total. The smallest absolute Gasteiger partial charge is 0.238 e. The fourth-order valence-electron chi connectivity index (χ4n) is 1.68. The first-order chi connectivity index (χ1) is 10.2. The molecular weight excluding hydrogens is 277 g/mol. The van der Waals surface area contributed by atoms with Gasteiger partial charge in [-0.05, 0) is 18.2 Å². The third-order valence-corrected chi connectivity index (χ3v) is 2.67. The molecule has 2 N–H and O–H groups in total. The summed E-state index contributed by atoms with van der Waals surface area (Å²) in [5.74, 6) is -0.746. The van der Waals surface area contributed by atoms with Gasteiger partial charge in [0, 0.05) is 19.3 Å². The van der Waals surface area contributed by atoms with Crippen LogP contribution in [-0.2, 0) is 9.53 Å². The Bertz CT molecular complexity index is 588. The summed E-state index contributed by atoms with van der Waals surface area (Å²) in [6, 6.07) is 4.37. The molecule has 0 unspecified atom stereocenters. The molecule has 8 heteroatoms. The number of halogens is 1. The van der Waals surface area contributed by atoms with E-state index in [0.717, 1.165) is 0 Å². The van der Waals surface area contributed by atoms with Gasteiger partial charge in [-0.2, -0.15) is 5.10 Å². The van der Waals surface area contributed by atoms with E-state index in [-0.39, 0.29) is 18.1 Å². The van der Waals surface area contributed by atoms with Crippen LogP contribution in [0.3, 0.4) is 0 Å². The molecule has 0 aliphatic carbocycles. The summed E-state index contributed by atoms with van der Waals surface area (Å²) in [7, 11) is 1.58. The number of anilines is 1. The Morgan fingerprint density at radius 3 is 3.00 bits per heavy atom. The molecule has 1 aromatic carbocycles. The van der Waals surface area contributed by atoms with Crippen molar-refractivity contribution >= 4 is 11.6 Å². The van der Waals surface area contributed by atoms with Crippen molar-refractivity contribution in [3.63, 3.8) is 0 Å². The number of nitrogens with one attached hydrogen (secondary N) is 2. The van der Waals surface area contributed by atoms with Crippen molar-refractivity contribution in [1.29, 1.82) is 0 Å². The second-order valence-electron chi connectivity index (χ2n) is 4.22. The quantitative estimate of drug-likeness (QED) is 0.730. The van der Waals surface area contributed by atoms with Gasteiger partial charge >= 0.3 is 0 Å². The van der Waals surface area contributed by atoms with Gasteiger partial charge in [0.05, 0.1) is 13.2 Å². The molecule has 21 heavy (non-hydrogen) atoms. The maximum absolute atomic E-state index is 13.9. The second-order valence-corrected chi connectivity index (χ2v) is 4.22. The Kier molecular flexibility index (Phi) is 5.35. The Hall–Kier alpha value is -2.32. The predicted molar refractivity (Wildman–Crippen MR) is 74.7 cm³/mol. The molecule has 0 saturated heterocycles. The van der Waals surface area contributed by atoms with Crippen LogP contribution in [0.5, 0.6) is 0 Å². The van der Waals surface area contributed by atoms with E-state index in [1.165, 1.54) is 29.5 Å². The Morgan fingerprint density at radius 2 is 2.33 bits per heavy atom. The molecule has 112 valence electrons. The second kappa shape index (κ2) is 7.46. The summed E-state index contributed by atoms with van der Waals surface area (Å²) in [5.41, 5.74) is 0.652. The molecule has 0 spiro atoms. The highest BCUT2D eigenvalue weighted by Gasteiger charge is 2.08. The van der Waals surface area contributed by atoms with Gasteiger partial charge < -0.3 is 15.4 Å². The van der Waals surface area contributed by atoms with Crippen LogP contribution in [0.25, 0.3) is 5.69 Å². The average Bonchev–Trinajstić information content (AvgIpc) is 2.98. The molecule has 1 amide bonds. The number of hydrogen-bond acceptors (Lipinski definition) is 5. The van der Waals surface area contributed by atoms with E-state index in [2.05, 4.69) is 20.7 Å². The first kappa shape index (κ1) is 15.1. The van der Waals surface area contributed by atoms with Crippen LogP contribution in [0.4, 0.5) is 10.1 Å².